The van der Waals surface area contributed by atoms with Crippen LogP contribution in [-0.4, -0.2) is 14.5 Å². The van der Waals surface area contributed by atoms with Crippen molar-refractivity contribution < 1.29 is 0 Å². The van der Waals surface area contributed by atoms with Crippen molar-refractivity contribution in [2.75, 3.05) is 0 Å². The zero-order valence-electron chi connectivity index (χ0n) is 10.7. The van der Waals surface area contributed by atoms with Gasteiger partial charge in [0.2, 0.25) is 0 Å². The van der Waals surface area contributed by atoms with Crippen molar-refractivity contribution in [3.63, 3.8) is 0 Å². The molecule has 2 aromatic heterocycles. The Bertz CT molecular complexity index is 702. The molecule has 0 atom stereocenters. The highest BCUT2D eigenvalue weighted by Crippen LogP contribution is 2.10. The molecule has 0 bridgehead atoms. The van der Waals surface area contributed by atoms with Crippen LogP contribution in [0.2, 0.25) is 5.15 Å². The van der Waals surface area contributed by atoms with Crippen LogP contribution in [0, 0.1) is 6.92 Å². The second-order valence-electron chi connectivity index (χ2n) is 4.22. The van der Waals surface area contributed by atoms with E-state index in [4.69, 9.17) is 11.6 Å². The van der Waals surface area contributed by atoms with Crippen LogP contribution >= 0.6 is 22.9 Å². The Morgan fingerprint density at radius 1 is 1.47 bits per heavy atom. The summed E-state index contributed by atoms with van der Waals surface area (Å²) in [5.74, 6) is 0. The van der Waals surface area contributed by atoms with Gasteiger partial charge in [-0.1, -0.05) is 24.9 Å². The zero-order chi connectivity index (χ0) is 14.0. The number of H-pyrrole nitrogens is 1. The standard InChI is InChI=1S/C12H14ClN3O2S/c1-3-4-9-10(13)15-12(18)16(11(9)17)5-8-6-19-7(2)14-8/h6H,3-5H2,1-2H3,(H,15,18). The van der Waals surface area contributed by atoms with Gasteiger partial charge in [-0.05, 0) is 13.3 Å². The molecule has 0 unspecified atom stereocenters. The normalized spacial score (nSPS) is 10.9. The number of rotatable bonds is 4. The van der Waals surface area contributed by atoms with Crippen LogP contribution in [0.25, 0.3) is 0 Å². The van der Waals surface area contributed by atoms with E-state index in [1.807, 2.05) is 19.2 Å². The lowest BCUT2D eigenvalue weighted by atomic mass is 10.2. The van der Waals surface area contributed by atoms with E-state index in [0.29, 0.717) is 17.7 Å². The predicted molar refractivity (Wildman–Crippen MR) is 76.3 cm³/mol. The average Bonchev–Trinajstić information content (AvgIpc) is 2.76. The predicted octanol–water partition coefficient (Wildman–Crippen LogP) is 1.96. The molecule has 0 amide bonds. The maximum Gasteiger partial charge on any atom is 0.329 e. The maximum absolute atomic E-state index is 12.2. The first kappa shape index (κ1) is 14.0. The minimum absolute atomic E-state index is 0.141. The lowest BCUT2D eigenvalue weighted by Gasteiger charge is -2.07. The molecule has 7 heteroatoms. The van der Waals surface area contributed by atoms with Gasteiger partial charge < -0.3 is 0 Å². The maximum atomic E-state index is 12.2. The summed E-state index contributed by atoms with van der Waals surface area (Å²) < 4.78 is 1.14. The summed E-state index contributed by atoms with van der Waals surface area (Å²) in [7, 11) is 0. The molecule has 0 saturated carbocycles. The summed E-state index contributed by atoms with van der Waals surface area (Å²) >= 11 is 7.40. The number of aromatic nitrogens is 3. The second-order valence-corrected chi connectivity index (χ2v) is 5.66. The molecular weight excluding hydrogens is 286 g/mol. The minimum atomic E-state index is -0.500. The van der Waals surface area contributed by atoms with E-state index >= 15 is 0 Å². The smallest absolute Gasteiger partial charge is 0.297 e. The van der Waals surface area contributed by atoms with Gasteiger partial charge in [0.25, 0.3) is 5.56 Å². The number of aryl methyl sites for hydroxylation is 1. The molecule has 0 aromatic carbocycles. The molecular formula is C12H14ClN3O2S. The molecule has 2 aromatic rings. The summed E-state index contributed by atoms with van der Waals surface area (Å²) in [6, 6.07) is 0. The van der Waals surface area contributed by atoms with E-state index in [-0.39, 0.29) is 17.3 Å². The Morgan fingerprint density at radius 2 is 2.21 bits per heavy atom. The van der Waals surface area contributed by atoms with Gasteiger partial charge in [-0.15, -0.1) is 11.3 Å². The summed E-state index contributed by atoms with van der Waals surface area (Å²) in [5, 5.41) is 2.89. The van der Waals surface area contributed by atoms with Crippen molar-refractivity contribution >= 4 is 22.9 Å². The number of thiazole rings is 1. The molecule has 0 aliphatic heterocycles. The molecule has 0 fully saturated rings. The Hall–Kier alpha value is -1.40. The highest BCUT2D eigenvalue weighted by Gasteiger charge is 2.13. The van der Waals surface area contributed by atoms with Gasteiger partial charge >= 0.3 is 5.69 Å². The molecule has 0 saturated heterocycles. The van der Waals surface area contributed by atoms with Crippen LogP contribution in [0.4, 0.5) is 0 Å². The van der Waals surface area contributed by atoms with Crippen molar-refractivity contribution in [2.45, 2.75) is 33.2 Å². The Balaban J connectivity index is 2.48. The first-order valence-corrected chi connectivity index (χ1v) is 7.21. The number of nitrogens with one attached hydrogen (secondary N) is 1. The Kier molecular flexibility index (Phi) is 4.21. The van der Waals surface area contributed by atoms with E-state index in [2.05, 4.69) is 9.97 Å². The molecule has 102 valence electrons. The van der Waals surface area contributed by atoms with E-state index < -0.39 is 5.69 Å². The van der Waals surface area contributed by atoms with Gasteiger partial charge in [-0.25, -0.2) is 9.78 Å². The molecule has 1 N–H and O–H groups in total. The van der Waals surface area contributed by atoms with E-state index in [1.54, 1.807) is 0 Å². The molecule has 0 aliphatic rings. The largest absolute Gasteiger partial charge is 0.329 e. The summed E-state index contributed by atoms with van der Waals surface area (Å²) in [5.41, 5.74) is 0.331. The van der Waals surface area contributed by atoms with Crippen LogP contribution in [0.5, 0.6) is 0 Å². The van der Waals surface area contributed by atoms with Crippen molar-refractivity contribution in [3.8, 4) is 0 Å². The summed E-state index contributed by atoms with van der Waals surface area (Å²) in [6.45, 7) is 4.01. The number of aromatic amines is 1. The van der Waals surface area contributed by atoms with Crippen LogP contribution in [0.3, 0.4) is 0 Å². The molecule has 2 rings (SSSR count). The Morgan fingerprint density at radius 3 is 2.79 bits per heavy atom. The third kappa shape index (κ3) is 2.96. The lowest BCUT2D eigenvalue weighted by Crippen LogP contribution is -2.37. The molecule has 5 nitrogen and oxygen atoms in total. The molecule has 0 spiro atoms. The van der Waals surface area contributed by atoms with Gasteiger partial charge in [0.1, 0.15) is 5.15 Å². The van der Waals surface area contributed by atoms with Gasteiger partial charge in [-0.2, -0.15) is 0 Å². The third-order valence-corrected chi connectivity index (χ3v) is 3.86. The van der Waals surface area contributed by atoms with Crippen molar-refractivity contribution in [1.82, 2.24) is 14.5 Å². The number of halogens is 1. The van der Waals surface area contributed by atoms with E-state index in [9.17, 15) is 9.59 Å². The summed E-state index contributed by atoms with van der Waals surface area (Å²) in [6.07, 6.45) is 1.33. The lowest BCUT2D eigenvalue weighted by molar-refractivity contribution is 0.670. The number of hydrogen-bond acceptors (Lipinski definition) is 4. The first-order chi connectivity index (χ1) is 9.02. The van der Waals surface area contributed by atoms with Crippen LogP contribution in [0.1, 0.15) is 29.6 Å². The van der Waals surface area contributed by atoms with E-state index in [0.717, 1.165) is 16.0 Å². The Labute approximate surface area is 118 Å². The van der Waals surface area contributed by atoms with Gasteiger partial charge in [-0.3, -0.25) is 14.3 Å². The van der Waals surface area contributed by atoms with Crippen molar-refractivity contribution in [2.24, 2.45) is 0 Å². The fraction of sp³-hybridized carbons (Fsp3) is 0.417. The fourth-order valence-electron chi connectivity index (χ4n) is 1.84. The second kappa shape index (κ2) is 5.71. The van der Waals surface area contributed by atoms with Crippen LogP contribution < -0.4 is 11.2 Å². The molecule has 0 radical (unpaired) electrons. The van der Waals surface area contributed by atoms with Gasteiger partial charge in [0.05, 0.1) is 22.8 Å². The average molecular weight is 300 g/mol. The highest BCUT2D eigenvalue weighted by molar-refractivity contribution is 7.09. The van der Waals surface area contributed by atoms with Crippen molar-refractivity contribution in [3.05, 3.63) is 47.6 Å². The minimum Gasteiger partial charge on any atom is -0.297 e. The van der Waals surface area contributed by atoms with E-state index in [1.165, 1.54) is 11.3 Å². The quantitative estimate of drug-likeness (QED) is 0.878. The monoisotopic (exact) mass is 299 g/mol. The van der Waals surface area contributed by atoms with Gasteiger partial charge in [0.15, 0.2) is 0 Å². The number of nitrogens with zero attached hydrogens (tertiary/aromatic N) is 2. The highest BCUT2D eigenvalue weighted by atomic mass is 35.5. The number of hydrogen-bond donors (Lipinski definition) is 1. The first-order valence-electron chi connectivity index (χ1n) is 5.95. The SMILES string of the molecule is CCCc1c(Cl)[nH]c(=O)n(Cc2csc(C)n2)c1=O. The molecule has 19 heavy (non-hydrogen) atoms. The van der Waals surface area contributed by atoms with Gasteiger partial charge in [0, 0.05) is 5.38 Å². The topological polar surface area (TPSA) is 67.8 Å². The van der Waals surface area contributed by atoms with Crippen molar-refractivity contribution in [1.29, 1.82) is 0 Å². The molecule has 0 aliphatic carbocycles. The summed E-state index contributed by atoms with van der Waals surface area (Å²) in [4.78, 5) is 30.8. The van der Waals surface area contributed by atoms with Crippen LogP contribution in [-0.2, 0) is 13.0 Å². The fourth-order valence-corrected chi connectivity index (χ4v) is 2.70. The zero-order valence-corrected chi connectivity index (χ0v) is 12.3. The van der Waals surface area contributed by atoms with Crippen LogP contribution in [0.15, 0.2) is 15.0 Å². The third-order valence-electron chi connectivity index (χ3n) is 2.72. The molecule has 2 heterocycles.